The van der Waals surface area contributed by atoms with Crippen molar-refractivity contribution in [1.82, 2.24) is 0 Å². The molecule has 0 radical (unpaired) electrons. The van der Waals surface area contributed by atoms with E-state index in [1.807, 2.05) is 6.92 Å². The molecule has 6 heteroatoms. The van der Waals surface area contributed by atoms with E-state index < -0.39 is 9.84 Å². The van der Waals surface area contributed by atoms with Gasteiger partial charge in [0.1, 0.15) is 0 Å². The molecule has 0 aliphatic rings. The Kier molecular flexibility index (Phi) is 6.70. The topological polar surface area (TPSA) is 54.4 Å². The number of rotatable bonds is 7. The lowest BCUT2D eigenvalue weighted by molar-refractivity contribution is 0.289. The van der Waals surface area contributed by atoms with Crippen molar-refractivity contribution < 1.29 is 13.5 Å². The predicted molar refractivity (Wildman–Crippen MR) is 79.8 cm³/mol. The monoisotopic (exact) mass is 352 g/mol. The second kappa shape index (κ2) is 7.53. The van der Waals surface area contributed by atoms with Gasteiger partial charge < -0.3 is 5.11 Å². The van der Waals surface area contributed by atoms with Crippen LogP contribution in [-0.2, 0) is 9.84 Å². The second-order valence-electron chi connectivity index (χ2n) is 3.97. The van der Waals surface area contributed by atoms with Crippen LogP contribution in [0.5, 0.6) is 0 Å². The van der Waals surface area contributed by atoms with Gasteiger partial charge in [-0.25, -0.2) is 8.42 Å². The van der Waals surface area contributed by atoms with Crippen LogP contribution in [0.3, 0.4) is 0 Å². The van der Waals surface area contributed by atoms with Crippen molar-refractivity contribution in [2.24, 2.45) is 0 Å². The molecular weight excluding hydrogens is 336 g/mol. The molecule has 0 aromatic heterocycles. The normalized spacial score (nSPS) is 13.5. The van der Waals surface area contributed by atoms with Gasteiger partial charge >= 0.3 is 0 Å². The minimum absolute atomic E-state index is 0.134. The van der Waals surface area contributed by atoms with Crippen molar-refractivity contribution in [2.45, 2.75) is 23.5 Å². The molecule has 3 nitrogen and oxygen atoms in total. The second-order valence-corrected chi connectivity index (χ2v) is 8.54. The highest BCUT2D eigenvalue weighted by molar-refractivity contribution is 9.10. The van der Waals surface area contributed by atoms with Crippen LogP contribution in [0.15, 0.2) is 33.6 Å². The first-order chi connectivity index (χ1) is 8.45. The van der Waals surface area contributed by atoms with Crippen molar-refractivity contribution in [1.29, 1.82) is 0 Å². The molecule has 0 spiro atoms. The Bertz CT molecular complexity index is 457. The lowest BCUT2D eigenvalue weighted by Crippen LogP contribution is -2.11. The summed E-state index contributed by atoms with van der Waals surface area (Å²) in [5, 5.41) is 9.05. The van der Waals surface area contributed by atoms with Crippen LogP contribution in [0.1, 0.15) is 13.3 Å². The van der Waals surface area contributed by atoms with E-state index in [-0.39, 0.29) is 17.6 Å². The molecule has 18 heavy (non-hydrogen) atoms. The number of halogens is 1. The smallest absolute Gasteiger partial charge is 0.179 e. The molecule has 0 heterocycles. The van der Waals surface area contributed by atoms with Crippen molar-refractivity contribution in [3.05, 3.63) is 28.7 Å². The van der Waals surface area contributed by atoms with Gasteiger partial charge in [-0.2, -0.15) is 11.8 Å². The minimum Gasteiger partial charge on any atom is -0.396 e. The highest BCUT2D eigenvalue weighted by atomic mass is 79.9. The Hall–Kier alpha value is -0.0400. The molecule has 1 N–H and O–H groups in total. The minimum atomic E-state index is -3.19. The first-order valence-corrected chi connectivity index (χ1v) is 9.16. The zero-order valence-electron chi connectivity index (χ0n) is 10.2. The van der Waals surface area contributed by atoms with Crippen LogP contribution in [-0.4, -0.2) is 36.9 Å². The third kappa shape index (κ3) is 5.30. The van der Waals surface area contributed by atoms with Crippen LogP contribution in [0.4, 0.5) is 0 Å². The molecule has 1 aromatic rings. The van der Waals surface area contributed by atoms with E-state index in [4.69, 9.17) is 5.11 Å². The quantitative estimate of drug-likeness (QED) is 0.819. The summed E-state index contributed by atoms with van der Waals surface area (Å²) in [7, 11) is -3.19. The van der Waals surface area contributed by atoms with E-state index in [1.54, 1.807) is 36.0 Å². The summed E-state index contributed by atoms with van der Waals surface area (Å²) in [6.07, 6.45) is 0.697. The van der Waals surface area contributed by atoms with Gasteiger partial charge in [0.2, 0.25) is 0 Å². The fraction of sp³-hybridized carbons (Fsp3) is 0.500. The number of aliphatic hydroxyl groups excluding tert-OH is 1. The SMILES string of the molecule is CC(CCO)SCCS(=O)(=O)c1ccc(Br)cc1. The van der Waals surface area contributed by atoms with Crippen molar-refractivity contribution >= 4 is 37.5 Å². The molecule has 0 saturated carbocycles. The van der Waals surface area contributed by atoms with Gasteiger partial charge in [-0.05, 0) is 30.7 Å². The van der Waals surface area contributed by atoms with Crippen molar-refractivity contribution in [3.8, 4) is 0 Å². The molecule has 1 aromatic carbocycles. The Morgan fingerprint density at radius 1 is 1.33 bits per heavy atom. The van der Waals surface area contributed by atoms with Gasteiger partial charge in [0, 0.05) is 22.1 Å². The van der Waals surface area contributed by atoms with Gasteiger partial charge in [0.05, 0.1) is 10.6 Å². The lowest BCUT2D eigenvalue weighted by Gasteiger charge is -2.09. The van der Waals surface area contributed by atoms with Gasteiger partial charge in [-0.15, -0.1) is 0 Å². The van der Waals surface area contributed by atoms with Crippen molar-refractivity contribution in [3.63, 3.8) is 0 Å². The highest BCUT2D eigenvalue weighted by Crippen LogP contribution is 2.19. The molecule has 102 valence electrons. The molecule has 0 fully saturated rings. The number of aliphatic hydroxyl groups is 1. The Labute approximate surface area is 121 Å². The summed E-state index contributed by atoms with van der Waals surface area (Å²) in [4.78, 5) is 0.362. The Morgan fingerprint density at radius 3 is 2.50 bits per heavy atom. The number of benzene rings is 1. The summed E-state index contributed by atoms with van der Waals surface area (Å²) in [5.41, 5.74) is 0. The van der Waals surface area contributed by atoms with E-state index in [1.165, 1.54) is 0 Å². The summed E-state index contributed by atoms with van der Waals surface area (Å²) in [6.45, 7) is 2.14. The fourth-order valence-corrected chi connectivity index (χ4v) is 4.37. The first-order valence-electron chi connectivity index (χ1n) is 5.66. The summed E-state index contributed by atoms with van der Waals surface area (Å²) >= 11 is 4.86. The first kappa shape index (κ1) is 16.0. The van der Waals surface area contributed by atoms with E-state index in [0.29, 0.717) is 17.1 Å². The van der Waals surface area contributed by atoms with E-state index in [2.05, 4.69) is 15.9 Å². The molecule has 1 unspecified atom stereocenters. The third-order valence-electron chi connectivity index (χ3n) is 2.46. The number of hydrogen-bond donors (Lipinski definition) is 1. The average molecular weight is 353 g/mol. The molecule has 0 aliphatic carbocycles. The van der Waals surface area contributed by atoms with Crippen LogP contribution in [0, 0.1) is 0 Å². The summed E-state index contributed by atoms with van der Waals surface area (Å²) in [6, 6.07) is 6.69. The zero-order valence-corrected chi connectivity index (χ0v) is 13.4. The van der Waals surface area contributed by atoms with E-state index in [9.17, 15) is 8.42 Å². The van der Waals surface area contributed by atoms with Gasteiger partial charge in [-0.3, -0.25) is 0 Å². The molecule has 0 bridgehead atoms. The maximum absolute atomic E-state index is 12.0. The maximum Gasteiger partial charge on any atom is 0.179 e. The van der Waals surface area contributed by atoms with Crippen molar-refractivity contribution in [2.75, 3.05) is 18.1 Å². The van der Waals surface area contributed by atoms with Crippen LogP contribution < -0.4 is 0 Å². The predicted octanol–water partition coefficient (Wildman–Crippen LogP) is 2.73. The molecular formula is C12H17BrO3S2. The average Bonchev–Trinajstić information content (AvgIpc) is 2.29. The number of sulfone groups is 1. The highest BCUT2D eigenvalue weighted by Gasteiger charge is 2.14. The summed E-state index contributed by atoms with van der Waals surface area (Å²) < 4.78 is 24.9. The van der Waals surface area contributed by atoms with Gasteiger partial charge in [0.15, 0.2) is 9.84 Å². The largest absolute Gasteiger partial charge is 0.396 e. The zero-order chi connectivity index (χ0) is 13.6. The number of hydrogen-bond acceptors (Lipinski definition) is 4. The van der Waals surface area contributed by atoms with E-state index in [0.717, 1.165) is 4.47 Å². The van der Waals surface area contributed by atoms with Crippen LogP contribution in [0.25, 0.3) is 0 Å². The van der Waals surface area contributed by atoms with Crippen LogP contribution >= 0.6 is 27.7 Å². The summed E-state index contributed by atoms with van der Waals surface area (Å²) in [5.74, 6) is 0.689. The maximum atomic E-state index is 12.0. The van der Waals surface area contributed by atoms with Gasteiger partial charge in [0.25, 0.3) is 0 Å². The Morgan fingerprint density at radius 2 is 1.94 bits per heavy atom. The van der Waals surface area contributed by atoms with Crippen LogP contribution in [0.2, 0.25) is 0 Å². The van der Waals surface area contributed by atoms with Gasteiger partial charge in [-0.1, -0.05) is 22.9 Å². The Balaban J connectivity index is 2.52. The fourth-order valence-electron chi connectivity index (χ4n) is 1.38. The molecule has 1 atom stereocenters. The third-order valence-corrected chi connectivity index (χ3v) is 6.23. The molecule has 0 saturated heterocycles. The molecule has 0 amide bonds. The lowest BCUT2D eigenvalue weighted by atomic mass is 10.3. The molecule has 1 rings (SSSR count). The standard InChI is InChI=1S/C12H17BrO3S2/c1-10(6-7-14)17-8-9-18(15,16)12-4-2-11(13)3-5-12/h2-5,10,14H,6-9H2,1H3. The van der Waals surface area contributed by atoms with E-state index >= 15 is 0 Å². The molecule has 0 aliphatic heterocycles. The number of thioether (sulfide) groups is 1.